The zero-order valence-electron chi connectivity index (χ0n) is 9.42. The Morgan fingerprint density at radius 2 is 1.63 bits per heavy atom. The van der Waals surface area contributed by atoms with E-state index < -0.39 is 0 Å². The summed E-state index contributed by atoms with van der Waals surface area (Å²) < 4.78 is 0. The Labute approximate surface area is 130 Å². The number of halogens is 4. The van der Waals surface area contributed by atoms with Gasteiger partial charge < -0.3 is 0 Å². The van der Waals surface area contributed by atoms with Crippen molar-refractivity contribution in [1.29, 1.82) is 5.26 Å². The lowest BCUT2D eigenvalue weighted by atomic mass is 10.1. The standard InChI is InChI=1S/C13H6Cl4N2/c14-8-1-2-11(19-12(8)3-4-18)7-5-9(15)13(17)10(16)6-7/h1-2,5-6H,3H2. The second-order valence-corrected chi connectivity index (χ2v) is 5.31. The molecule has 0 unspecified atom stereocenters. The van der Waals surface area contributed by atoms with Gasteiger partial charge in [-0.2, -0.15) is 5.26 Å². The number of hydrogen-bond acceptors (Lipinski definition) is 2. The van der Waals surface area contributed by atoms with Crippen molar-refractivity contribution in [3.8, 4) is 17.3 Å². The number of benzene rings is 1. The molecule has 6 heteroatoms. The molecule has 1 heterocycles. The Morgan fingerprint density at radius 1 is 1.00 bits per heavy atom. The Bertz CT molecular complexity index is 654. The number of nitriles is 1. The van der Waals surface area contributed by atoms with E-state index in [1.165, 1.54) is 0 Å². The maximum absolute atomic E-state index is 8.72. The number of rotatable bonds is 2. The van der Waals surface area contributed by atoms with E-state index in [0.29, 0.717) is 31.5 Å². The molecule has 2 rings (SSSR count). The van der Waals surface area contributed by atoms with Gasteiger partial charge in [-0.15, -0.1) is 0 Å². The van der Waals surface area contributed by atoms with Crippen molar-refractivity contribution in [2.24, 2.45) is 0 Å². The van der Waals surface area contributed by atoms with E-state index in [9.17, 15) is 0 Å². The van der Waals surface area contributed by atoms with E-state index in [4.69, 9.17) is 51.7 Å². The summed E-state index contributed by atoms with van der Waals surface area (Å²) in [5.74, 6) is 0. The van der Waals surface area contributed by atoms with E-state index in [2.05, 4.69) is 4.98 Å². The molecule has 0 spiro atoms. The Hall–Kier alpha value is -0.980. The second-order valence-electron chi connectivity index (χ2n) is 3.71. The topological polar surface area (TPSA) is 36.7 Å². The summed E-state index contributed by atoms with van der Waals surface area (Å²) in [6.45, 7) is 0. The van der Waals surface area contributed by atoms with Crippen LogP contribution in [0.25, 0.3) is 11.3 Å². The normalized spacial score (nSPS) is 10.3. The first-order valence-corrected chi connectivity index (χ1v) is 6.71. The molecular weight excluding hydrogens is 326 g/mol. The molecule has 0 saturated heterocycles. The highest BCUT2D eigenvalue weighted by molar-refractivity contribution is 6.48. The molecule has 96 valence electrons. The van der Waals surface area contributed by atoms with Crippen LogP contribution in [0.5, 0.6) is 0 Å². The fraction of sp³-hybridized carbons (Fsp3) is 0.0769. The molecule has 0 radical (unpaired) electrons. The minimum absolute atomic E-state index is 0.141. The minimum Gasteiger partial charge on any atom is -0.250 e. The second kappa shape index (κ2) is 5.98. The van der Waals surface area contributed by atoms with Gasteiger partial charge in [0.2, 0.25) is 0 Å². The van der Waals surface area contributed by atoms with Crippen LogP contribution >= 0.6 is 46.4 Å². The van der Waals surface area contributed by atoms with Crippen LogP contribution in [-0.2, 0) is 6.42 Å². The predicted octanol–water partition coefficient (Wildman–Crippen LogP) is 5.43. The summed E-state index contributed by atoms with van der Waals surface area (Å²) in [4.78, 5) is 4.33. The molecule has 0 aliphatic rings. The number of aromatic nitrogens is 1. The molecule has 1 aromatic heterocycles. The van der Waals surface area contributed by atoms with Gasteiger partial charge in [-0.05, 0) is 24.3 Å². The maximum Gasteiger partial charge on any atom is 0.0790 e. The number of hydrogen-bond donors (Lipinski definition) is 0. The maximum atomic E-state index is 8.72. The van der Waals surface area contributed by atoms with E-state index in [1.54, 1.807) is 24.3 Å². The third-order valence-corrected chi connectivity index (χ3v) is 3.99. The highest BCUT2D eigenvalue weighted by Gasteiger charge is 2.10. The first-order chi connectivity index (χ1) is 9.02. The zero-order chi connectivity index (χ0) is 14.0. The summed E-state index contributed by atoms with van der Waals surface area (Å²) in [7, 11) is 0. The van der Waals surface area contributed by atoms with Crippen molar-refractivity contribution in [3.63, 3.8) is 0 Å². The van der Waals surface area contributed by atoms with Gasteiger partial charge in [0.05, 0.1) is 44.0 Å². The van der Waals surface area contributed by atoms with Crippen molar-refractivity contribution in [2.45, 2.75) is 6.42 Å². The summed E-state index contributed by atoms with van der Waals surface area (Å²) in [5.41, 5.74) is 1.87. The zero-order valence-corrected chi connectivity index (χ0v) is 12.4. The lowest BCUT2D eigenvalue weighted by Crippen LogP contribution is -1.93. The Morgan fingerprint density at radius 3 is 2.21 bits per heavy atom. The van der Waals surface area contributed by atoms with Crippen molar-refractivity contribution >= 4 is 46.4 Å². The molecule has 0 aliphatic carbocycles. The minimum atomic E-state index is 0.141. The van der Waals surface area contributed by atoms with Gasteiger partial charge >= 0.3 is 0 Å². The predicted molar refractivity (Wildman–Crippen MR) is 79.0 cm³/mol. The summed E-state index contributed by atoms with van der Waals surface area (Å²) in [6.07, 6.45) is 0.141. The summed E-state index contributed by atoms with van der Waals surface area (Å²) in [6, 6.07) is 8.78. The summed E-state index contributed by atoms with van der Waals surface area (Å²) in [5, 5.41) is 10.2. The van der Waals surface area contributed by atoms with Crippen LogP contribution in [0, 0.1) is 11.3 Å². The first kappa shape index (κ1) is 14.4. The lowest BCUT2D eigenvalue weighted by molar-refractivity contribution is 1.12. The van der Waals surface area contributed by atoms with Gasteiger partial charge in [-0.25, -0.2) is 0 Å². The van der Waals surface area contributed by atoms with Gasteiger partial charge in [-0.1, -0.05) is 46.4 Å². The van der Waals surface area contributed by atoms with E-state index in [0.717, 1.165) is 5.56 Å². The van der Waals surface area contributed by atoms with Crippen molar-refractivity contribution < 1.29 is 0 Å². The molecule has 0 atom stereocenters. The highest BCUT2D eigenvalue weighted by atomic mass is 35.5. The lowest BCUT2D eigenvalue weighted by Gasteiger charge is -2.07. The van der Waals surface area contributed by atoms with Gasteiger partial charge in [0, 0.05) is 5.56 Å². The van der Waals surface area contributed by atoms with Gasteiger partial charge in [-0.3, -0.25) is 4.98 Å². The molecule has 0 N–H and O–H groups in total. The smallest absolute Gasteiger partial charge is 0.0790 e. The average Bonchev–Trinajstić information content (AvgIpc) is 2.38. The van der Waals surface area contributed by atoms with E-state index in [-0.39, 0.29) is 6.42 Å². The van der Waals surface area contributed by atoms with Crippen LogP contribution in [0.4, 0.5) is 0 Å². The molecule has 0 amide bonds. The first-order valence-electron chi connectivity index (χ1n) is 5.20. The average molecular weight is 332 g/mol. The van der Waals surface area contributed by atoms with Crippen LogP contribution in [0.2, 0.25) is 20.1 Å². The molecule has 0 aliphatic heterocycles. The number of pyridine rings is 1. The molecule has 0 saturated carbocycles. The van der Waals surface area contributed by atoms with Crippen LogP contribution in [-0.4, -0.2) is 4.98 Å². The highest BCUT2D eigenvalue weighted by Crippen LogP contribution is 2.35. The molecule has 2 aromatic rings. The largest absolute Gasteiger partial charge is 0.250 e. The SMILES string of the molecule is N#CCc1nc(-c2cc(Cl)c(Cl)c(Cl)c2)ccc1Cl. The van der Waals surface area contributed by atoms with Crippen molar-refractivity contribution in [3.05, 3.63) is 50.0 Å². The molecular formula is C13H6Cl4N2. The van der Waals surface area contributed by atoms with E-state index >= 15 is 0 Å². The van der Waals surface area contributed by atoms with Gasteiger partial charge in [0.1, 0.15) is 0 Å². The third kappa shape index (κ3) is 3.13. The quantitative estimate of drug-likeness (QED) is 0.688. The van der Waals surface area contributed by atoms with Crippen LogP contribution < -0.4 is 0 Å². The fourth-order valence-electron chi connectivity index (χ4n) is 1.55. The van der Waals surface area contributed by atoms with Gasteiger partial charge in [0.15, 0.2) is 0 Å². The Kier molecular flexibility index (Phi) is 4.54. The summed E-state index contributed by atoms with van der Waals surface area (Å²) >= 11 is 23.8. The van der Waals surface area contributed by atoms with Crippen LogP contribution in [0.15, 0.2) is 24.3 Å². The molecule has 0 bridgehead atoms. The van der Waals surface area contributed by atoms with Gasteiger partial charge in [0.25, 0.3) is 0 Å². The van der Waals surface area contributed by atoms with Crippen LogP contribution in [0.1, 0.15) is 5.69 Å². The van der Waals surface area contributed by atoms with Crippen LogP contribution in [0.3, 0.4) is 0 Å². The molecule has 0 fully saturated rings. The number of nitrogens with zero attached hydrogens (tertiary/aromatic N) is 2. The third-order valence-electron chi connectivity index (χ3n) is 2.44. The molecule has 19 heavy (non-hydrogen) atoms. The molecule has 1 aromatic carbocycles. The van der Waals surface area contributed by atoms with E-state index in [1.807, 2.05) is 6.07 Å². The van der Waals surface area contributed by atoms with Crippen molar-refractivity contribution in [2.75, 3.05) is 0 Å². The Balaban J connectivity index is 2.54. The monoisotopic (exact) mass is 330 g/mol. The molecule has 2 nitrogen and oxygen atoms in total. The van der Waals surface area contributed by atoms with Crippen molar-refractivity contribution in [1.82, 2.24) is 4.98 Å². The fourth-order valence-corrected chi connectivity index (χ4v) is 2.32.